The van der Waals surface area contributed by atoms with Crippen LogP contribution >= 0.6 is 11.6 Å². The first-order valence-electron chi connectivity index (χ1n) is 5.57. The minimum Gasteiger partial charge on any atom is -0.493 e. The fraction of sp³-hybridized carbons (Fsp3) is 0.308. The van der Waals surface area contributed by atoms with Crippen molar-refractivity contribution in [2.75, 3.05) is 19.7 Å². The summed E-state index contributed by atoms with van der Waals surface area (Å²) in [5, 5.41) is 17.7. The van der Waals surface area contributed by atoms with Crippen LogP contribution in [0, 0.1) is 22.7 Å². The first kappa shape index (κ1) is 14.8. The summed E-state index contributed by atoms with van der Waals surface area (Å²) < 4.78 is 5.37. The summed E-state index contributed by atoms with van der Waals surface area (Å²) in [4.78, 5) is 12.9. The first-order chi connectivity index (χ1) is 9.17. The van der Waals surface area contributed by atoms with E-state index in [0.29, 0.717) is 10.8 Å². The molecule has 0 aliphatic heterocycles. The largest absolute Gasteiger partial charge is 0.493 e. The molecule has 6 heteroatoms. The van der Waals surface area contributed by atoms with E-state index in [1.165, 1.54) is 4.90 Å². The Kier molecular flexibility index (Phi) is 6.21. The van der Waals surface area contributed by atoms with E-state index >= 15 is 0 Å². The third-order valence-corrected chi connectivity index (χ3v) is 2.53. The van der Waals surface area contributed by atoms with Crippen LogP contribution in [0.4, 0.5) is 0 Å². The van der Waals surface area contributed by atoms with E-state index in [-0.39, 0.29) is 32.0 Å². The number of carbonyl (C=O) groups is 1. The lowest BCUT2D eigenvalue weighted by Crippen LogP contribution is -2.32. The molecule has 0 spiro atoms. The van der Waals surface area contributed by atoms with Crippen LogP contribution in [0.3, 0.4) is 0 Å². The molecule has 0 unspecified atom stereocenters. The van der Waals surface area contributed by atoms with E-state index in [9.17, 15) is 4.79 Å². The van der Waals surface area contributed by atoms with Crippen molar-refractivity contribution in [3.05, 3.63) is 29.3 Å². The molecule has 5 nitrogen and oxygen atoms in total. The smallest absolute Gasteiger partial charge is 0.227 e. The Labute approximate surface area is 116 Å². The summed E-state index contributed by atoms with van der Waals surface area (Å²) in [5.74, 6) is 0.335. The molecule has 1 aromatic rings. The molecule has 0 atom stereocenters. The van der Waals surface area contributed by atoms with Gasteiger partial charge in [0.25, 0.3) is 0 Å². The average Bonchev–Trinajstić information content (AvgIpc) is 2.40. The minimum absolute atomic E-state index is 0.0899. The van der Waals surface area contributed by atoms with Crippen molar-refractivity contribution in [1.82, 2.24) is 4.90 Å². The molecule has 98 valence electrons. The fourth-order valence-electron chi connectivity index (χ4n) is 1.35. The molecule has 0 saturated heterocycles. The van der Waals surface area contributed by atoms with Crippen molar-refractivity contribution in [3.63, 3.8) is 0 Å². The van der Waals surface area contributed by atoms with Gasteiger partial charge in [-0.15, -0.1) is 0 Å². The van der Waals surface area contributed by atoms with Crippen LogP contribution in [-0.4, -0.2) is 30.5 Å². The van der Waals surface area contributed by atoms with Gasteiger partial charge in [0.05, 0.1) is 25.2 Å². The van der Waals surface area contributed by atoms with Gasteiger partial charge in [0.2, 0.25) is 5.91 Å². The molecule has 1 amide bonds. The quantitative estimate of drug-likeness (QED) is 0.745. The van der Waals surface area contributed by atoms with Crippen molar-refractivity contribution >= 4 is 17.5 Å². The van der Waals surface area contributed by atoms with Gasteiger partial charge in [-0.1, -0.05) is 11.6 Å². The summed E-state index contributed by atoms with van der Waals surface area (Å²) in [6.45, 7) is 0.00843. The number of nitriles is 2. The van der Waals surface area contributed by atoms with Gasteiger partial charge in [-0.25, -0.2) is 0 Å². The van der Waals surface area contributed by atoms with E-state index in [1.807, 2.05) is 12.1 Å². The van der Waals surface area contributed by atoms with Crippen LogP contribution in [-0.2, 0) is 4.79 Å². The predicted octanol–water partition coefficient (Wildman–Crippen LogP) is 1.98. The fourth-order valence-corrected chi connectivity index (χ4v) is 1.47. The number of nitrogens with zero attached hydrogens (tertiary/aromatic N) is 3. The topological polar surface area (TPSA) is 77.1 Å². The molecule has 0 N–H and O–H groups in total. The van der Waals surface area contributed by atoms with Crippen LogP contribution in [0.1, 0.15) is 6.42 Å². The molecule has 0 heterocycles. The highest BCUT2D eigenvalue weighted by Crippen LogP contribution is 2.15. The maximum Gasteiger partial charge on any atom is 0.227 e. The molecule has 0 aromatic heterocycles. The average molecular weight is 278 g/mol. The molecule has 0 radical (unpaired) electrons. The Morgan fingerprint density at radius 2 is 1.79 bits per heavy atom. The number of hydrogen-bond donors (Lipinski definition) is 0. The summed E-state index contributed by atoms with van der Waals surface area (Å²) in [6, 6.07) is 10.5. The van der Waals surface area contributed by atoms with Gasteiger partial charge in [-0.2, -0.15) is 10.5 Å². The van der Waals surface area contributed by atoms with Crippen molar-refractivity contribution in [2.45, 2.75) is 6.42 Å². The van der Waals surface area contributed by atoms with Gasteiger partial charge < -0.3 is 9.64 Å². The number of rotatable bonds is 6. The molecule has 1 aromatic carbocycles. The van der Waals surface area contributed by atoms with Crippen LogP contribution in [0.5, 0.6) is 5.75 Å². The lowest BCUT2D eigenvalue weighted by atomic mass is 10.3. The number of benzene rings is 1. The van der Waals surface area contributed by atoms with Crippen LogP contribution in [0.2, 0.25) is 5.02 Å². The molecule has 0 saturated carbocycles. The molecule has 0 aliphatic carbocycles. The lowest BCUT2D eigenvalue weighted by Gasteiger charge is -2.15. The number of ether oxygens (including phenoxy) is 1. The lowest BCUT2D eigenvalue weighted by molar-refractivity contribution is -0.130. The summed E-state index contributed by atoms with van der Waals surface area (Å²) in [6.07, 6.45) is 0.117. The maximum atomic E-state index is 11.7. The minimum atomic E-state index is -0.280. The predicted molar refractivity (Wildman–Crippen MR) is 69.4 cm³/mol. The Balaban J connectivity index is 2.39. The van der Waals surface area contributed by atoms with Crippen LogP contribution in [0.25, 0.3) is 0 Å². The van der Waals surface area contributed by atoms with E-state index in [2.05, 4.69) is 0 Å². The van der Waals surface area contributed by atoms with Gasteiger partial charge in [0, 0.05) is 5.02 Å². The Morgan fingerprint density at radius 1 is 1.21 bits per heavy atom. The number of halogens is 1. The highest BCUT2D eigenvalue weighted by molar-refractivity contribution is 6.30. The molecular weight excluding hydrogens is 266 g/mol. The third-order valence-electron chi connectivity index (χ3n) is 2.27. The highest BCUT2D eigenvalue weighted by atomic mass is 35.5. The van der Waals surface area contributed by atoms with Gasteiger partial charge in [-0.3, -0.25) is 4.79 Å². The van der Waals surface area contributed by atoms with Crippen molar-refractivity contribution in [3.8, 4) is 17.9 Å². The van der Waals surface area contributed by atoms with Crippen molar-refractivity contribution < 1.29 is 9.53 Å². The van der Waals surface area contributed by atoms with Crippen LogP contribution in [0.15, 0.2) is 24.3 Å². The second-order valence-electron chi connectivity index (χ2n) is 3.62. The van der Waals surface area contributed by atoms with Gasteiger partial charge in [0.1, 0.15) is 18.8 Å². The molecule has 19 heavy (non-hydrogen) atoms. The van der Waals surface area contributed by atoms with E-state index in [4.69, 9.17) is 26.9 Å². The van der Waals surface area contributed by atoms with Crippen LogP contribution < -0.4 is 4.74 Å². The Hall–Kier alpha value is -2.24. The molecule has 1 rings (SSSR count). The zero-order valence-corrected chi connectivity index (χ0v) is 10.9. The normalized spacial score (nSPS) is 9.21. The zero-order chi connectivity index (χ0) is 14.1. The summed E-state index contributed by atoms with van der Waals surface area (Å²) in [7, 11) is 0. The first-order valence-corrected chi connectivity index (χ1v) is 5.95. The van der Waals surface area contributed by atoms with E-state index in [1.54, 1.807) is 24.3 Å². The summed E-state index contributed by atoms with van der Waals surface area (Å²) in [5.41, 5.74) is 0. The molecular formula is C13H12ClN3O2. The Morgan fingerprint density at radius 3 is 2.32 bits per heavy atom. The maximum absolute atomic E-state index is 11.7. The second kappa shape index (κ2) is 7.97. The molecule has 0 bridgehead atoms. The van der Waals surface area contributed by atoms with Crippen molar-refractivity contribution in [2.24, 2.45) is 0 Å². The van der Waals surface area contributed by atoms with Crippen molar-refractivity contribution in [1.29, 1.82) is 10.5 Å². The SMILES string of the molecule is N#CCN(CC#N)C(=O)CCOc1ccc(Cl)cc1. The number of hydrogen-bond acceptors (Lipinski definition) is 4. The number of amides is 1. The standard InChI is InChI=1S/C13H12ClN3O2/c14-11-1-3-12(4-2-11)19-10-5-13(18)17(8-6-15)9-7-16/h1-4H,5,8-10H2. The molecule has 0 fully saturated rings. The molecule has 0 aliphatic rings. The van der Waals surface area contributed by atoms with E-state index in [0.717, 1.165) is 0 Å². The highest BCUT2D eigenvalue weighted by Gasteiger charge is 2.12. The monoisotopic (exact) mass is 277 g/mol. The van der Waals surface area contributed by atoms with E-state index < -0.39 is 0 Å². The number of carbonyl (C=O) groups excluding carboxylic acids is 1. The summed E-state index contributed by atoms with van der Waals surface area (Å²) >= 11 is 5.73. The van der Waals surface area contributed by atoms with Gasteiger partial charge >= 0.3 is 0 Å². The van der Waals surface area contributed by atoms with Gasteiger partial charge in [-0.05, 0) is 24.3 Å². The second-order valence-corrected chi connectivity index (χ2v) is 4.05. The zero-order valence-electron chi connectivity index (χ0n) is 10.2. The Bertz CT molecular complexity index is 486. The van der Waals surface area contributed by atoms with Gasteiger partial charge in [0.15, 0.2) is 0 Å². The third kappa shape index (κ3) is 5.29.